The Morgan fingerprint density at radius 1 is 1.12 bits per heavy atom. The molecule has 0 saturated carbocycles. The molecule has 1 unspecified atom stereocenters. The van der Waals surface area contributed by atoms with Gasteiger partial charge in [-0.05, 0) is 29.7 Å². The van der Waals surface area contributed by atoms with Gasteiger partial charge in [0, 0.05) is 13.1 Å². The maximum Gasteiger partial charge on any atom is 0.410 e. The van der Waals surface area contributed by atoms with Crippen molar-refractivity contribution in [3.05, 3.63) is 71.5 Å². The molecule has 2 aromatic carbocycles. The minimum atomic E-state index is -1.24. The molecule has 25 heavy (non-hydrogen) atoms. The summed E-state index contributed by atoms with van der Waals surface area (Å²) in [6.45, 7) is 0.408. The third-order valence-corrected chi connectivity index (χ3v) is 4.54. The maximum atomic E-state index is 13.1. The topological polar surface area (TPSA) is 66.8 Å². The van der Waals surface area contributed by atoms with Crippen LogP contribution in [0.15, 0.2) is 54.6 Å². The van der Waals surface area contributed by atoms with Crippen LogP contribution in [-0.4, -0.2) is 35.2 Å². The second-order valence-corrected chi connectivity index (χ2v) is 6.11. The van der Waals surface area contributed by atoms with E-state index < -0.39 is 23.3 Å². The van der Waals surface area contributed by atoms with E-state index in [4.69, 9.17) is 4.74 Å². The molecule has 0 bridgehead atoms. The minimum absolute atomic E-state index is 0.00158. The number of carbonyl (C=O) groups excluding carboxylic acids is 1. The van der Waals surface area contributed by atoms with Crippen LogP contribution in [0, 0.1) is 5.82 Å². The Bertz CT molecular complexity index is 763. The summed E-state index contributed by atoms with van der Waals surface area (Å²) in [5.74, 6) is -1.46. The molecule has 1 heterocycles. The normalized spacial score (nSPS) is 19.6. The van der Waals surface area contributed by atoms with Gasteiger partial charge in [-0.3, -0.25) is 4.79 Å². The lowest BCUT2D eigenvalue weighted by Crippen LogP contribution is -2.40. The number of nitrogens with zero attached hydrogens (tertiary/aromatic N) is 1. The van der Waals surface area contributed by atoms with Crippen LogP contribution in [-0.2, 0) is 21.6 Å². The Kier molecular flexibility index (Phi) is 4.70. The first-order valence-electron chi connectivity index (χ1n) is 7.96. The smallest absolute Gasteiger partial charge is 0.410 e. The molecule has 5 nitrogen and oxygen atoms in total. The molecule has 0 spiro atoms. The lowest BCUT2D eigenvalue weighted by molar-refractivity contribution is -0.143. The van der Waals surface area contributed by atoms with Crippen molar-refractivity contribution < 1.29 is 23.8 Å². The highest BCUT2D eigenvalue weighted by molar-refractivity contribution is 5.84. The summed E-state index contributed by atoms with van der Waals surface area (Å²) in [5, 5.41) is 9.72. The Hall–Kier alpha value is -2.89. The van der Waals surface area contributed by atoms with Gasteiger partial charge < -0.3 is 14.7 Å². The summed E-state index contributed by atoms with van der Waals surface area (Å²) in [5.41, 5.74) is 0.109. The van der Waals surface area contributed by atoms with Gasteiger partial charge in [0.25, 0.3) is 0 Å². The molecule has 1 atom stereocenters. The Morgan fingerprint density at radius 2 is 1.80 bits per heavy atom. The van der Waals surface area contributed by atoms with Gasteiger partial charge in [0.2, 0.25) is 0 Å². The summed E-state index contributed by atoms with van der Waals surface area (Å²) in [6, 6.07) is 14.6. The van der Waals surface area contributed by atoms with Crippen molar-refractivity contribution in [2.45, 2.75) is 18.4 Å². The summed E-state index contributed by atoms with van der Waals surface area (Å²) >= 11 is 0. The van der Waals surface area contributed by atoms with Crippen LogP contribution >= 0.6 is 0 Å². The quantitative estimate of drug-likeness (QED) is 0.926. The number of ether oxygens (including phenoxy) is 1. The largest absolute Gasteiger partial charge is 0.481 e. The van der Waals surface area contributed by atoms with Crippen molar-refractivity contribution in [3.8, 4) is 0 Å². The summed E-state index contributed by atoms with van der Waals surface area (Å²) in [6.07, 6.45) is -0.289. The molecule has 0 aromatic heterocycles. The zero-order valence-electron chi connectivity index (χ0n) is 13.5. The van der Waals surface area contributed by atoms with Gasteiger partial charge in [0.1, 0.15) is 17.8 Å². The number of carbonyl (C=O) groups is 2. The van der Waals surface area contributed by atoms with Crippen LogP contribution in [0.25, 0.3) is 0 Å². The molecule has 3 rings (SSSR count). The van der Waals surface area contributed by atoms with Gasteiger partial charge in [-0.25, -0.2) is 9.18 Å². The van der Waals surface area contributed by atoms with E-state index in [0.717, 1.165) is 5.56 Å². The number of carboxylic acid groups (broad SMARTS) is 1. The number of hydrogen-bond donors (Lipinski definition) is 1. The molecule has 0 aliphatic carbocycles. The number of hydrogen-bond acceptors (Lipinski definition) is 3. The van der Waals surface area contributed by atoms with Crippen LogP contribution < -0.4 is 0 Å². The van der Waals surface area contributed by atoms with Crippen LogP contribution in [0.2, 0.25) is 0 Å². The van der Waals surface area contributed by atoms with Crippen molar-refractivity contribution in [2.24, 2.45) is 0 Å². The first-order valence-corrected chi connectivity index (χ1v) is 7.96. The average molecular weight is 343 g/mol. The van der Waals surface area contributed by atoms with Crippen molar-refractivity contribution in [1.82, 2.24) is 4.90 Å². The van der Waals surface area contributed by atoms with Crippen LogP contribution in [0.4, 0.5) is 9.18 Å². The van der Waals surface area contributed by atoms with Gasteiger partial charge in [0.05, 0.1) is 0 Å². The Balaban J connectivity index is 1.70. The van der Waals surface area contributed by atoms with Crippen LogP contribution in [0.5, 0.6) is 0 Å². The maximum absolute atomic E-state index is 13.1. The van der Waals surface area contributed by atoms with E-state index in [9.17, 15) is 19.1 Å². The molecule has 1 fully saturated rings. The summed E-state index contributed by atoms with van der Waals surface area (Å²) in [7, 11) is 0. The molecule has 1 N–H and O–H groups in total. The molecule has 2 aromatic rings. The molecule has 1 aliphatic rings. The van der Waals surface area contributed by atoms with E-state index in [-0.39, 0.29) is 26.1 Å². The van der Waals surface area contributed by atoms with Gasteiger partial charge >= 0.3 is 12.1 Å². The molecule has 130 valence electrons. The number of likely N-dealkylation sites (tertiary alicyclic amines) is 1. The fourth-order valence-corrected chi connectivity index (χ4v) is 3.08. The second-order valence-electron chi connectivity index (χ2n) is 6.11. The van der Waals surface area contributed by atoms with Crippen molar-refractivity contribution in [1.29, 1.82) is 0 Å². The van der Waals surface area contributed by atoms with E-state index in [1.54, 1.807) is 0 Å². The standard InChI is InChI=1S/C19H18FNO4/c20-16-8-6-15(7-9-16)19(17(22)23)10-11-21(13-19)18(24)25-12-14-4-2-1-3-5-14/h1-9H,10-13H2,(H,22,23). The SMILES string of the molecule is O=C(OCc1ccccc1)N1CCC(C(=O)O)(c2ccc(F)cc2)C1. The highest BCUT2D eigenvalue weighted by atomic mass is 19.1. The molecular formula is C19H18FNO4. The monoisotopic (exact) mass is 343 g/mol. The van der Waals surface area contributed by atoms with Crippen molar-refractivity contribution in [2.75, 3.05) is 13.1 Å². The first kappa shape index (κ1) is 17.0. The number of halogens is 1. The highest BCUT2D eigenvalue weighted by Gasteiger charge is 2.48. The van der Waals surface area contributed by atoms with Gasteiger partial charge in [-0.15, -0.1) is 0 Å². The number of aliphatic carboxylic acids is 1. The van der Waals surface area contributed by atoms with Crippen LogP contribution in [0.1, 0.15) is 17.5 Å². The minimum Gasteiger partial charge on any atom is -0.481 e. The number of rotatable bonds is 4. The molecular weight excluding hydrogens is 325 g/mol. The molecule has 1 saturated heterocycles. The lowest BCUT2D eigenvalue weighted by atomic mass is 9.80. The van der Waals surface area contributed by atoms with Gasteiger partial charge in [-0.1, -0.05) is 42.5 Å². The third kappa shape index (κ3) is 3.47. The molecule has 6 heteroatoms. The fraction of sp³-hybridized carbons (Fsp3) is 0.263. The second kappa shape index (κ2) is 6.93. The molecule has 1 aliphatic heterocycles. The van der Waals surface area contributed by atoms with E-state index in [1.807, 2.05) is 30.3 Å². The molecule has 0 radical (unpaired) electrons. The van der Waals surface area contributed by atoms with Gasteiger partial charge in [-0.2, -0.15) is 0 Å². The third-order valence-electron chi connectivity index (χ3n) is 4.54. The predicted molar refractivity (Wildman–Crippen MR) is 88.5 cm³/mol. The average Bonchev–Trinajstić information content (AvgIpc) is 3.08. The van der Waals surface area contributed by atoms with E-state index in [1.165, 1.54) is 29.2 Å². The van der Waals surface area contributed by atoms with Crippen LogP contribution in [0.3, 0.4) is 0 Å². The lowest BCUT2D eigenvalue weighted by Gasteiger charge is -2.25. The van der Waals surface area contributed by atoms with E-state index >= 15 is 0 Å². The summed E-state index contributed by atoms with van der Waals surface area (Å²) < 4.78 is 18.4. The summed E-state index contributed by atoms with van der Waals surface area (Å²) in [4.78, 5) is 25.5. The number of amides is 1. The number of benzene rings is 2. The van der Waals surface area contributed by atoms with E-state index in [0.29, 0.717) is 5.56 Å². The van der Waals surface area contributed by atoms with E-state index in [2.05, 4.69) is 0 Å². The van der Waals surface area contributed by atoms with Crippen molar-refractivity contribution >= 4 is 12.1 Å². The Morgan fingerprint density at radius 3 is 2.44 bits per heavy atom. The first-order chi connectivity index (χ1) is 12.0. The highest BCUT2D eigenvalue weighted by Crippen LogP contribution is 2.35. The zero-order chi connectivity index (χ0) is 17.9. The number of carboxylic acids is 1. The molecule has 1 amide bonds. The zero-order valence-corrected chi connectivity index (χ0v) is 13.5. The Labute approximate surface area is 144 Å². The predicted octanol–water partition coefficient (Wildman–Crippen LogP) is 3.19. The fourth-order valence-electron chi connectivity index (χ4n) is 3.08. The van der Waals surface area contributed by atoms with Gasteiger partial charge in [0.15, 0.2) is 0 Å². The van der Waals surface area contributed by atoms with Crippen molar-refractivity contribution in [3.63, 3.8) is 0 Å².